The zero-order valence-electron chi connectivity index (χ0n) is 8.36. The highest BCUT2D eigenvalue weighted by atomic mass is 16.6. The van der Waals surface area contributed by atoms with Crippen LogP contribution in [0.15, 0.2) is 16.8 Å². The fourth-order valence-corrected chi connectivity index (χ4v) is 1.21. The van der Waals surface area contributed by atoms with Gasteiger partial charge in [0.15, 0.2) is 0 Å². The van der Waals surface area contributed by atoms with Crippen molar-refractivity contribution in [3.63, 3.8) is 0 Å². The summed E-state index contributed by atoms with van der Waals surface area (Å²) in [5.74, 6) is 1.66. The van der Waals surface area contributed by atoms with E-state index in [2.05, 4.69) is 15.0 Å². The van der Waals surface area contributed by atoms with E-state index < -0.39 is 0 Å². The summed E-state index contributed by atoms with van der Waals surface area (Å²) >= 11 is 0. The van der Waals surface area contributed by atoms with Gasteiger partial charge in [-0.3, -0.25) is 0 Å². The second kappa shape index (κ2) is 4.14. The van der Waals surface area contributed by atoms with Crippen LogP contribution in [-0.4, -0.2) is 28.6 Å². The number of hydrogen-bond donors (Lipinski definition) is 2. The molecule has 2 aromatic heterocycles. The Hall–Kier alpha value is -1.82. The summed E-state index contributed by atoms with van der Waals surface area (Å²) in [6, 6.07) is 0. The lowest BCUT2D eigenvalue weighted by Gasteiger charge is -1.91. The Bertz CT molecular complexity index is 435. The molecule has 0 unspecified atom stereocenters. The van der Waals surface area contributed by atoms with Crippen LogP contribution in [0.5, 0.6) is 5.95 Å². The van der Waals surface area contributed by atoms with Crippen LogP contribution in [0.25, 0.3) is 11.6 Å². The largest absolute Gasteiger partial charge is 0.467 e. The molecule has 0 radical (unpaired) electrons. The maximum atomic E-state index is 5.42. The molecule has 0 amide bonds. The first-order valence-corrected chi connectivity index (χ1v) is 4.57. The Morgan fingerprint density at radius 3 is 3.00 bits per heavy atom. The van der Waals surface area contributed by atoms with Gasteiger partial charge in [-0.2, -0.15) is 0 Å². The van der Waals surface area contributed by atoms with Crippen molar-refractivity contribution in [1.29, 1.82) is 0 Å². The van der Waals surface area contributed by atoms with Crippen LogP contribution in [0.2, 0.25) is 0 Å². The third-order valence-electron chi connectivity index (χ3n) is 1.93. The predicted molar refractivity (Wildman–Crippen MR) is 53.4 cm³/mol. The number of imidazole rings is 1. The van der Waals surface area contributed by atoms with E-state index >= 15 is 0 Å². The zero-order valence-corrected chi connectivity index (χ0v) is 8.36. The van der Waals surface area contributed by atoms with E-state index in [9.17, 15) is 0 Å². The standard InChI is InChI=1S/C9H12N4O2/c1-14-8-5-12-9(15-8)6-4-11-7(13-6)2-3-10/h4-5H,2-3,10H2,1H3,(H,11,13). The van der Waals surface area contributed by atoms with Crippen molar-refractivity contribution < 1.29 is 9.15 Å². The molecule has 6 heteroatoms. The Balaban J connectivity index is 2.21. The van der Waals surface area contributed by atoms with Crippen molar-refractivity contribution in [1.82, 2.24) is 15.0 Å². The van der Waals surface area contributed by atoms with Gasteiger partial charge in [0, 0.05) is 6.42 Å². The molecule has 80 valence electrons. The number of oxazole rings is 1. The average molecular weight is 208 g/mol. The summed E-state index contributed by atoms with van der Waals surface area (Å²) in [5, 5.41) is 0. The quantitative estimate of drug-likeness (QED) is 0.766. The summed E-state index contributed by atoms with van der Waals surface area (Å²) in [6.45, 7) is 0.557. The van der Waals surface area contributed by atoms with Crippen LogP contribution in [0.3, 0.4) is 0 Å². The first kappa shape index (κ1) is 9.72. The van der Waals surface area contributed by atoms with Crippen LogP contribution >= 0.6 is 0 Å². The Morgan fingerprint density at radius 2 is 2.33 bits per heavy atom. The van der Waals surface area contributed by atoms with Crippen LogP contribution in [0, 0.1) is 0 Å². The summed E-state index contributed by atoms with van der Waals surface area (Å²) in [7, 11) is 1.52. The summed E-state index contributed by atoms with van der Waals surface area (Å²) < 4.78 is 10.2. The van der Waals surface area contributed by atoms with Crippen LogP contribution in [-0.2, 0) is 6.42 Å². The van der Waals surface area contributed by atoms with E-state index in [1.165, 1.54) is 13.3 Å². The number of rotatable bonds is 4. The molecule has 0 aromatic carbocycles. The third-order valence-corrected chi connectivity index (χ3v) is 1.93. The molecule has 3 N–H and O–H groups in total. The van der Waals surface area contributed by atoms with Crippen molar-refractivity contribution in [3.05, 3.63) is 18.2 Å². The molecule has 0 saturated heterocycles. The van der Waals surface area contributed by atoms with E-state index in [0.717, 1.165) is 11.5 Å². The lowest BCUT2D eigenvalue weighted by atomic mass is 10.4. The molecule has 15 heavy (non-hydrogen) atoms. The fraction of sp³-hybridized carbons (Fsp3) is 0.333. The van der Waals surface area contributed by atoms with Gasteiger partial charge in [0.1, 0.15) is 17.7 Å². The molecule has 2 heterocycles. The molecule has 0 spiro atoms. The second-order valence-corrected chi connectivity index (χ2v) is 2.97. The van der Waals surface area contributed by atoms with Crippen molar-refractivity contribution in [2.24, 2.45) is 5.73 Å². The van der Waals surface area contributed by atoms with Crippen molar-refractivity contribution in [2.75, 3.05) is 13.7 Å². The summed E-state index contributed by atoms with van der Waals surface area (Å²) in [4.78, 5) is 11.2. The van der Waals surface area contributed by atoms with Gasteiger partial charge in [0.05, 0.1) is 13.3 Å². The normalized spacial score (nSPS) is 10.5. The maximum absolute atomic E-state index is 5.42. The number of ether oxygens (including phenoxy) is 1. The van der Waals surface area contributed by atoms with Gasteiger partial charge in [-0.1, -0.05) is 0 Å². The molecule has 2 rings (SSSR count). The Morgan fingerprint density at radius 1 is 1.47 bits per heavy atom. The molecule has 0 aliphatic carbocycles. The lowest BCUT2D eigenvalue weighted by molar-refractivity contribution is 0.308. The van der Waals surface area contributed by atoms with Crippen molar-refractivity contribution >= 4 is 0 Å². The second-order valence-electron chi connectivity index (χ2n) is 2.97. The molecule has 0 aliphatic heterocycles. The van der Waals surface area contributed by atoms with Crippen molar-refractivity contribution in [3.8, 4) is 17.5 Å². The topological polar surface area (TPSA) is 90.0 Å². The summed E-state index contributed by atoms with van der Waals surface area (Å²) in [6.07, 6.45) is 3.88. The number of nitrogens with two attached hydrogens (primary N) is 1. The number of aromatic amines is 1. The highest BCUT2D eigenvalue weighted by Gasteiger charge is 2.09. The predicted octanol–water partition coefficient (Wildman–Crippen LogP) is 0.575. The number of methoxy groups -OCH3 is 1. The number of nitrogens with one attached hydrogen (secondary N) is 1. The highest BCUT2D eigenvalue weighted by Crippen LogP contribution is 2.20. The molecule has 6 nitrogen and oxygen atoms in total. The molecule has 0 saturated carbocycles. The molecule has 0 bridgehead atoms. The van der Waals surface area contributed by atoms with E-state index in [0.29, 0.717) is 24.8 Å². The first-order chi connectivity index (χ1) is 7.33. The number of hydrogen-bond acceptors (Lipinski definition) is 5. The Kier molecular flexibility index (Phi) is 2.68. The lowest BCUT2D eigenvalue weighted by Crippen LogP contribution is -2.03. The van der Waals surface area contributed by atoms with Crippen LogP contribution < -0.4 is 10.5 Å². The van der Waals surface area contributed by atoms with Gasteiger partial charge < -0.3 is 19.9 Å². The molecule has 0 atom stereocenters. The van der Waals surface area contributed by atoms with E-state index in [4.69, 9.17) is 14.9 Å². The van der Waals surface area contributed by atoms with E-state index in [-0.39, 0.29) is 0 Å². The Labute approximate surface area is 86.5 Å². The molecule has 2 aromatic rings. The number of aromatic nitrogens is 3. The van der Waals surface area contributed by atoms with E-state index in [1.54, 1.807) is 6.20 Å². The van der Waals surface area contributed by atoms with Crippen LogP contribution in [0.4, 0.5) is 0 Å². The molecular formula is C9H12N4O2. The van der Waals surface area contributed by atoms with Gasteiger partial charge in [0.25, 0.3) is 0 Å². The van der Waals surface area contributed by atoms with Gasteiger partial charge in [-0.25, -0.2) is 9.97 Å². The van der Waals surface area contributed by atoms with Crippen LogP contribution in [0.1, 0.15) is 5.82 Å². The monoisotopic (exact) mass is 208 g/mol. The minimum atomic E-state index is 0.375. The molecule has 0 aliphatic rings. The van der Waals surface area contributed by atoms with Gasteiger partial charge in [0.2, 0.25) is 5.89 Å². The molecule has 0 fully saturated rings. The SMILES string of the molecule is COc1cnc(-c2cnc(CCN)[nH]2)o1. The minimum Gasteiger partial charge on any atom is -0.467 e. The number of H-pyrrole nitrogens is 1. The zero-order chi connectivity index (χ0) is 10.7. The minimum absolute atomic E-state index is 0.375. The van der Waals surface area contributed by atoms with Gasteiger partial charge in [-0.05, 0) is 6.54 Å². The highest BCUT2D eigenvalue weighted by molar-refractivity contribution is 5.45. The van der Waals surface area contributed by atoms with E-state index in [1.807, 2.05) is 0 Å². The maximum Gasteiger partial charge on any atom is 0.305 e. The third kappa shape index (κ3) is 1.99. The van der Waals surface area contributed by atoms with Gasteiger partial charge in [-0.15, -0.1) is 0 Å². The van der Waals surface area contributed by atoms with Gasteiger partial charge >= 0.3 is 5.95 Å². The van der Waals surface area contributed by atoms with Crippen molar-refractivity contribution in [2.45, 2.75) is 6.42 Å². The fourth-order valence-electron chi connectivity index (χ4n) is 1.21. The molecular weight excluding hydrogens is 196 g/mol. The average Bonchev–Trinajstić information content (AvgIpc) is 2.85. The number of nitrogens with zero attached hydrogens (tertiary/aromatic N) is 2. The smallest absolute Gasteiger partial charge is 0.305 e. The summed E-state index contributed by atoms with van der Waals surface area (Å²) in [5.41, 5.74) is 6.14. The first-order valence-electron chi connectivity index (χ1n) is 4.57.